The number of hydrogen-bond acceptors (Lipinski definition) is 4. The van der Waals surface area contributed by atoms with Crippen LogP contribution in [-0.4, -0.2) is 50.2 Å². The van der Waals surface area contributed by atoms with Gasteiger partial charge in [-0.2, -0.15) is 0 Å². The van der Waals surface area contributed by atoms with Crippen LogP contribution in [0.1, 0.15) is 12.8 Å². The van der Waals surface area contributed by atoms with Crippen LogP contribution >= 0.6 is 0 Å². The van der Waals surface area contributed by atoms with Crippen LogP contribution in [0.5, 0.6) is 0 Å². The molecule has 3 N–H and O–H groups in total. The molecule has 1 heterocycles. The van der Waals surface area contributed by atoms with E-state index in [9.17, 15) is 0 Å². The van der Waals surface area contributed by atoms with Crippen molar-refractivity contribution in [2.75, 3.05) is 34.2 Å². The summed E-state index contributed by atoms with van der Waals surface area (Å²) in [6, 6.07) is 0. The maximum Gasteiger partial charge on any atom is 0.0762 e. The van der Waals surface area contributed by atoms with E-state index in [1.807, 2.05) is 0 Å². The standard InChI is InChI=1S/C9H22N4/c1-12(2)9(11-10)8-5-4-6-13(3)7-8/h8-9,11H,4-7,10H2,1-3H3. The third-order valence-corrected chi connectivity index (χ3v) is 2.83. The summed E-state index contributed by atoms with van der Waals surface area (Å²) in [4.78, 5) is 4.53. The summed E-state index contributed by atoms with van der Waals surface area (Å²) in [6.07, 6.45) is 2.87. The number of nitrogens with two attached hydrogens (primary N) is 1. The Morgan fingerprint density at radius 2 is 2.23 bits per heavy atom. The van der Waals surface area contributed by atoms with E-state index in [0.717, 1.165) is 6.54 Å². The predicted molar refractivity (Wildman–Crippen MR) is 55.0 cm³/mol. The number of hydrogen-bond donors (Lipinski definition) is 2. The Bertz CT molecular complexity index is 149. The van der Waals surface area contributed by atoms with Gasteiger partial charge in [-0.25, -0.2) is 5.43 Å². The Morgan fingerprint density at radius 1 is 1.54 bits per heavy atom. The second kappa shape index (κ2) is 4.91. The van der Waals surface area contributed by atoms with Crippen LogP contribution in [0.2, 0.25) is 0 Å². The molecule has 0 saturated carbocycles. The number of nitrogens with one attached hydrogen (secondary N) is 1. The van der Waals surface area contributed by atoms with Gasteiger partial charge in [-0.1, -0.05) is 0 Å². The zero-order valence-electron chi connectivity index (χ0n) is 8.95. The van der Waals surface area contributed by atoms with Crippen molar-refractivity contribution in [2.45, 2.75) is 19.0 Å². The van der Waals surface area contributed by atoms with E-state index in [0.29, 0.717) is 12.1 Å². The second-order valence-corrected chi connectivity index (χ2v) is 4.24. The quantitative estimate of drug-likeness (QED) is 0.360. The zero-order valence-corrected chi connectivity index (χ0v) is 8.95. The molecule has 0 aliphatic carbocycles. The Balaban J connectivity index is 2.47. The third kappa shape index (κ3) is 2.91. The van der Waals surface area contributed by atoms with E-state index in [-0.39, 0.29) is 0 Å². The van der Waals surface area contributed by atoms with Gasteiger partial charge in [0.25, 0.3) is 0 Å². The summed E-state index contributed by atoms with van der Waals surface area (Å²) in [5.41, 5.74) is 2.89. The van der Waals surface area contributed by atoms with Crippen molar-refractivity contribution in [2.24, 2.45) is 11.8 Å². The summed E-state index contributed by atoms with van der Waals surface area (Å²) in [5.74, 6) is 6.19. The SMILES string of the molecule is CN1CCCC(C(NN)N(C)C)C1. The Kier molecular flexibility index (Phi) is 4.12. The van der Waals surface area contributed by atoms with Gasteiger partial charge >= 0.3 is 0 Å². The molecule has 1 aliphatic rings. The number of rotatable bonds is 3. The molecule has 1 fully saturated rings. The van der Waals surface area contributed by atoms with Crippen LogP contribution in [0, 0.1) is 5.92 Å². The molecular weight excluding hydrogens is 164 g/mol. The third-order valence-electron chi connectivity index (χ3n) is 2.83. The van der Waals surface area contributed by atoms with Crippen molar-refractivity contribution in [3.8, 4) is 0 Å². The van der Waals surface area contributed by atoms with Crippen molar-refractivity contribution in [3.63, 3.8) is 0 Å². The van der Waals surface area contributed by atoms with Gasteiger partial charge in [0, 0.05) is 12.5 Å². The smallest absolute Gasteiger partial charge is 0.0762 e. The van der Waals surface area contributed by atoms with E-state index in [4.69, 9.17) is 5.84 Å². The lowest BCUT2D eigenvalue weighted by Crippen LogP contribution is -2.54. The molecule has 0 aromatic heterocycles. The van der Waals surface area contributed by atoms with Crippen molar-refractivity contribution in [1.82, 2.24) is 15.2 Å². The lowest BCUT2D eigenvalue weighted by molar-refractivity contribution is 0.100. The fourth-order valence-corrected chi connectivity index (χ4v) is 2.17. The highest BCUT2D eigenvalue weighted by atomic mass is 15.4. The molecule has 2 unspecified atom stereocenters. The highest BCUT2D eigenvalue weighted by Gasteiger charge is 2.26. The number of piperidine rings is 1. The first-order valence-electron chi connectivity index (χ1n) is 4.96. The van der Waals surface area contributed by atoms with Crippen molar-refractivity contribution in [1.29, 1.82) is 0 Å². The van der Waals surface area contributed by atoms with E-state index in [2.05, 4.69) is 36.4 Å². The average molecular weight is 186 g/mol. The topological polar surface area (TPSA) is 44.5 Å². The molecule has 1 saturated heterocycles. The highest BCUT2D eigenvalue weighted by molar-refractivity contribution is 4.78. The van der Waals surface area contributed by atoms with Crippen LogP contribution < -0.4 is 11.3 Å². The Morgan fingerprint density at radius 3 is 2.69 bits per heavy atom. The van der Waals surface area contributed by atoms with Crippen LogP contribution in [0.25, 0.3) is 0 Å². The average Bonchev–Trinajstić information content (AvgIpc) is 2.04. The van der Waals surface area contributed by atoms with Crippen molar-refractivity contribution < 1.29 is 0 Å². The maximum atomic E-state index is 5.54. The van der Waals surface area contributed by atoms with Gasteiger partial charge in [-0.3, -0.25) is 10.7 Å². The summed E-state index contributed by atoms with van der Waals surface area (Å²) >= 11 is 0. The molecule has 13 heavy (non-hydrogen) atoms. The van der Waals surface area contributed by atoms with Gasteiger partial charge in [0.15, 0.2) is 0 Å². The normalized spacial score (nSPS) is 27.9. The molecule has 0 bridgehead atoms. The van der Waals surface area contributed by atoms with Gasteiger partial charge in [0.1, 0.15) is 0 Å². The first-order valence-corrected chi connectivity index (χ1v) is 4.96. The largest absolute Gasteiger partial charge is 0.306 e. The summed E-state index contributed by atoms with van der Waals surface area (Å²) < 4.78 is 0. The molecule has 1 aliphatic heterocycles. The van der Waals surface area contributed by atoms with Crippen molar-refractivity contribution >= 4 is 0 Å². The van der Waals surface area contributed by atoms with Gasteiger partial charge in [0.05, 0.1) is 6.17 Å². The number of likely N-dealkylation sites (tertiary alicyclic amines) is 1. The molecular formula is C9H22N4. The van der Waals surface area contributed by atoms with E-state index < -0.39 is 0 Å². The van der Waals surface area contributed by atoms with Gasteiger partial charge in [0.2, 0.25) is 0 Å². The summed E-state index contributed by atoms with van der Waals surface area (Å²) in [7, 11) is 6.31. The second-order valence-electron chi connectivity index (χ2n) is 4.24. The van der Waals surface area contributed by atoms with Gasteiger partial charge in [-0.05, 0) is 40.5 Å². The Labute approximate surface area is 81.0 Å². The molecule has 0 radical (unpaired) electrons. The lowest BCUT2D eigenvalue weighted by Gasteiger charge is -2.37. The first-order chi connectivity index (χ1) is 6.15. The minimum absolute atomic E-state index is 0.308. The molecule has 1 rings (SSSR count). The fourth-order valence-electron chi connectivity index (χ4n) is 2.17. The van der Waals surface area contributed by atoms with E-state index in [1.54, 1.807) is 0 Å². The van der Waals surface area contributed by atoms with Crippen LogP contribution in [0.4, 0.5) is 0 Å². The molecule has 0 aromatic carbocycles. The minimum atomic E-state index is 0.308. The van der Waals surface area contributed by atoms with Crippen LogP contribution in [0.15, 0.2) is 0 Å². The molecule has 4 heteroatoms. The van der Waals surface area contributed by atoms with E-state index >= 15 is 0 Å². The summed E-state index contributed by atoms with van der Waals surface area (Å²) in [5, 5.41) is 0. The van der Waals surface area contributed by atoms with Gasteiger partial charge < -0.3 is 4.90 Å². The number of nitrogens with zero attached hydrogens (tertiary/aromatic N) is 2. The molecule has 0 amide bonds. The Hall–Kier alpha value is -0.160. The molecule has 78 valence electrons. The monoisotopic (exact) mass is 186 g/mol. The molecule has 0 aromatic rings. The van der Waals surface area contributed by atoms with E-state index in [1.165, 1.54) is 19.4 Å². The molecule has 4 nitrogen and oxygen atoms in total. The first kappa shape index (κ1) is 10.9. The van der Waals surface area contributed by atoms with Crippen molar-refractivity contribution in [3.05, 3.63) is 0 Å². The number of hydrazine groups is 1. The van der Waals surface area contributed by atoms with Gasteiger partial charge in [-0.15, -0.1) is 0 Å². The molecule has 0 spiro atoms. The predicted octanol–water partition coefficient (Wildman–Crippen LogP) is -0.321. The fraction of sp³-hybridized carbons (Fsp3) is 1.00. The van der Waals surface area contributed by atoms with Crippen LogP contribution in [0.3, 0.4) is 0 Å². The lowest BCUT2D eigenvalue weighted by atomic mass is 9.95. The minimum Gasteiger partial charge on any atom is -0.306 e. The highest BCUT2D eigenvalue weighted by Crippen LogP contribution is 2.19. The maximum absolute atomic E-state index is 5.54. The summed E-state index contributed by atoms with van der Waals surface area (Å²) in [6.45, 7) is 2.37. The zero-order chi connectivity index (χ0) is 9.84. The van der Waals surface area contributed by atoms with Crippen LogP contribution in [-0.2, 0) is 0 Å². The molecule has 2 atom stereocenters.